The van der Waals surface area contributed by atoms with Gasteiger partial charge in [0.25, 0.3) is 0 Å². The molecule has 24 heavy (non-hydrogen) atoms. The lowest BCUT2D eigenvalue weighted by molar-refractivity contribution is 0.447. The maximum atomic E-state index is 6.36. The number of nitrogens with one attached hydrogen (secondary N) is 1. The molecule has 130 valence electrons. The molecule has 3 heterocycles. The quantitative estimate of drug-likeness (QED) is 0.759. The van der Waals surface area contributed by atoms with E-state index >= 15 is 0 Å². The van der Waals surface area contributed by atoms with E-state index in [9.17, 15) is 0 Å². The Morgan fingerprint density at radius 1 is 1.33 bits per heavy atom. The van der Waals surface area contributed by atoms with E-state index in [1.54, 1.807) is 12.5 Å². The lowest BCUT2D eigenvalue weighted by atomic mass is 10.00. The maximum absolute atomic E-state index is 6.36. The van der Waals surface area contributed by atoms with Crippen LogP contribution >= 0.6 is 0 Å². The van der Waals surface area contributed by atoms with Gasteiger partial charge in [-0.05, 0) is 32.1 Å². The largest absolute Gasteiger partial charge is 0.393 e. The van der Waals surface area contributed by atoms with Gasteiger partial charge >= 0.3 is 0 Å². The highest BCUT2D eigenvalue weighted by Crippen LogP contribution is 2.31. The van der Waals surface area contributed by atoms with Gasteiger partial charge in [0.1, 0.15) is 12.0 Å². The van der Waals surface area contributed by atoms with E-state index in [4.69, 9.17) is 5.73 Å². The van der Waals surface area contributed by atoms with Crippen molar-refractivity contribution in [2.45, 2.75) is 51.6 Å². The Kier molecular flexibility index (Phi) is 5.51. The lowest BCUT2D eigenvalue weighted by Gasteiger charge is -2.36. The topological polar surface area (TPSA) is 84.9 Å². The van der Waals surface area contributed by atoms with Crippen molar-refractivity contribution < 1.29 is 0 Å². The average Bonchev–Trinajstić information content (AvgIpc) is 3.13. The summed E-state index contributed by atoms with van der Waals surface area (Å²) in [6.07, 6.45) is 13.0. The van der Waals surface area contributed by atoms with Crippen molar-refractivity contribution in [3.05, 3.63) is 25.0 Å². The van der Waals surface area contributed by atoms with Crippen molar-refractivity contribution in [3.8, 4) is 0 Å². The number of nitrogen functional groups attached to an aromatic ring is 1. The van der Waals surface area contributed by atoms with E-state index in [-0.39, 0.29) is 0 Å². The molecule has 0 aliphatic carbocycles. The Balaban J connectivity index is 1.62. The van der Waals surface area contributed by atoms with Crippen LogP contribution in [0.15, 0.2) is 25.0 Å². The van der Waals surface area contributed by atoms with Crippen LogP contribution in [0.5, 0.6) is 0 Å². The minimum Gasteiger partial charge on any atom is -0.393 e. The number of hydrogen-bond acceptors (Lipinski definition) is 6. The molecule has 2 aromatic heterocycles. The van der Waals surface area contributed by atoms with Gasteiger partial charge in [0.15, 0.2) is 11.6 Å². The smallest absolute Gasteiger partial charge is 0.157 e. The van der Waals surface area contributed by atoms with Crippen molar-refractivity contribution in [1.29, 1.82) is 0 Å². The number of anilines is 3. The number of rotatable bonds is 7. The Labute approximate surface area is 143 Å². The minimum absolute atomic E-state index is 0.532. The van der Waals surface area contributed by atoms with Crippen LogP contribution in [-0.4, -0.2) is 38.7 Å². The number of hydrogen-bond donors (Lipinski definition) is 2. The van der Waals surface area contributed by atoms with Crippen molar-refractivity contribution in [2.75, 3.05) is 29.0 Å². The van der Waals surface area contributed by atoms with Crippen LogP contribution in [0.1, 0.15) is 39.0 Å². The molecule has 0 spiro atoms. The Hall–Kier alpha value is -2.31. The average molecular weight is 329 g/mol. The molecule has 3 N–H and O–H groups in total. The summed E-state index contributed by atoms with van der Waals surface area (Å²) in [6.45, 7) is 5.00. The van der Waals surface area contributed by atoms with E-state index in [1.165, 1.54) is 19.3 Å². The fraction of sp³-hybridized carbons (Fsp3) is 0.588. The summed E-state index contributed by atoms with van der Waals surface area (Å²) >= 11 is 0. The summed E-state index contributed by atoms with van der Waals surface area (Å²) in [5.41, 5.74) is 7.03. The minimum atomic E-state index is 0.532. The van der Waals surface area contributed by atoms with Crippen LogP contribution in [0.3, 0.4) is 0 Å². The zero-order valence-electron chi connectivity index (χ0n) is 14.4. The van der Waals surface area contributed by atoms with Gasteiger partial charge in [0.05, 0.1) is 6.33 Å². The summed E-state index contributed by atoms with van der Waals surface area (Å²) in [6, 6.07) is 0.532. The normalized spacial score (nSPS) is 17.9. The van der Waals surface area contributed by atoms with Crippen LogP contribution in [0.25, 0.3) is 0 Å². The third kappa shape index (κ3) is 3.77. The van der Waals surface area contributed by atoms with Gasteiger partial charge in [0, 0.05) is 38.1 Å². The van der Waals surface area contributed by atoms with Gasteiger partial charge < -0.3 is 20.5 Å². The van der Waals surface area contributed by atoms with E-state index in [0.29, 0.717) is 11.7 Å². The summed E-state index contributed by atoms with van der Waals surface area (Å²) in [7, 11) is 0. The number of aromatic nitrogens is 4. The highest BCUT2D eigenvalue weighted by molar-refractivity contribution is 5.75. The fourth-order valence-electron chi connectivity index (χ4n) is 3.35. The summed E-state index contributed by atoms with van der Waals surface area (Å²) in [4.78, 5) is 15.2. The van der Waals surface area contributed by atoms with Crippen LogP contribution in [-0.2, 0) is 6.54 Å². The van der Waals surface area contributed by atoms with Crippen LogP contribution in [0.2, 0.25) is 0 Å². The van der Waals surface area contributed by atoms with Crippen LogP contribution in [0.4, 0.5) is 17.3 Å². The molecule has 1 saturated heterocycles. The van der Waals surface area contributed by atoms with Gasteiger partial charge in [-0.3, -0.25) is 0 Å². The van der Waals surface area contributed by atoms with E-state index in [1.807, 2.05) is 12.5 Å². The fourth-order valence-corrected chi connectivity index (χ4v) is 3.35. The molecule has 0 aromatic carbocycles. The SMILES string of the molecule is CCC1CCCCN1c1ncnc(NCCCn2ccnc2)c1N. The number of piperidine rings is 1. The first-order valence-electron chi connectivity index (χ1n) is 8.86. The maximum Gasteiger partial charge on any atom is 0.157 e. The monoisotopic (exact) mass is 329 g/mol. The molecule has 0 saturated carbocycles. The second-order valence-corrected chi connectivity index (χ2v) is 6.29. The number of imidazole rings is 1. The predicted octanol–water partition coefficient (Wildman–Crippen LogP) is 2.53. The molecule has 0 radical (unpaired) electrons. The molecule has 3 rings (SSSR count). The number of nitrogens with zero attached hydrogens (tertiary/aromatic N) is 5. The second-order valence-electron chi connectivity index (χ2n) is 6.29. The molecule has 7 nitrogen and oxygen atoms in total. The Bertz CT molecular complexity index is 626. The first-order chi connectivity index (χ1) is 11.8. The summed E-state index contributed by atoms with van der Waals surface area (Å²) < 4.78 is 2.07. The Morgan fingerprint density at radius 2 is 2.25 bits per heavy atom. The van der Waals surface area contributed by atoms with E-state index in [2.05, 4.69) is 36.7 Å². The van der Waals surface area contributed by atoms with Gasteiger partial charge in [-0.1, -0.05) is 6.92 Å². The lowest BCUT2D eigenvalue weighted by Crippen LogP contribution is -2.40. The van der Waals surface area contributed by atoms with Gasteiger partial charge in [-0.25, -0.2) is 15.0 Å². The molecule has 7 heteroatoms. The molecular formula is C17H27N7. The molecule has 1 atom stereocenters. The predicted molar refractivity (Wildman–Crippen MR) is 97.1 cm³/mol. The Morgan fingerprint density at radius 3 is 3.04 bits per heavy atom. The molecule has 1 aliphatic heterocycles. The number of nitrogens with two attached hydrogens (primary N) is 1. The molecule has 1 aliphatic rings. The van der Waals surface area contributed by atoms with Crippen LogP contribution in [0, 0.1) is 0 Å². The van der Waals surface area contributed by atoms with E-state index < -0.39 is 0 Å². The first-order valence-corrected chi connectivity index (χ1v) is 8.86. The van der Waals surface area contributed by atoms with Crippen molar-refractivity contribution in [3.63, 3.8) is 0 Å². The zero-order valence-corrected chi connectivity index (χ0v) is 14.4. The second kappa shape index (κ2) is 7.99. The van der Waals surface area contributed by atoms with Gasteiger partial charge in [-0.15, -0.1) is 0 Å². The van der Waals surface area contributed by atoms with Gasteiger partial charge in [0.2, 0.25) is 0 Å². The zero-order chi connectivity index (χ0) is 16.8. The molecule has 1 unspecified atom stereocenters. The van der Waals surface area contributed by atoms with Gasteiger partial charge in [-0.2, -0.15) is 0 Å². The highest BCUT2D eigenvalue weighted by Gasteiger charge is 2.24. The third-order valence-corrected chi connectivity index (χ3v) is 4.68. The molecular weight excluding hydrogens is 302 g/mol. The standard InChI is InChI=1S/C17H27N7/c1-2-14-6-3-4-10-24(14)17-15(18)16(21-12-22-17)20-7-5-9-23-11-8-19-13-23/h8,11-14H,2-7,9-10,18H2,1H3,(H,20,21,22). The highest BCUT2D eigenvalue weighted by atomic mass is 15.2. The van der Waals surface area contributed by atoms with Crippen molar-refractivity contribution >= 4 is 17.3 Å². The van der Waals surface area contributed by atoms with Crippen molar-refractivity contribution in [2.24, 2.45) is 0 Å². The summed E-state index contributed by atoms with van der Waals surface area (Å²) in [5, 5.41) is 3.35. The van der Waals surface area contributed by atoms with Crippen LogP contribution < -0.4 is 16.0 Å². The van der Waals surface area contributed by atoms with Crippen molar-refractivity contribution in [1.82, 2.24) is 19.5 Å². The number of aryl methyl sites for hydroxylation is 1. The molecule has 0 amide bonds. The molecule has 1 fully saturated rings. The summed E-state index contributed by atoms with van der Waals surface area (Å²) in [5.74, 6) is 1.62. The van der Waals surface area contributed by atoms with E-state index in [0.717, 1.165) is 44.1 Å². The third-order valence-electron chi connectivity index (χ3n) is 4.68. The first kappa shape index (κ1) is 16.5. The molecule has 2 aromatic rings. The molecule has 0 bridgehead atoms.